The van der Waals surface area contributed by atoms with E-state index in [4.69, 9.17) is 4.42 Å². The van der Waals surface area contributed by atoms with Crippen molar-refractivity contribution in [3.05, 3.63) is 24.2 Å². The van der Waals surface area contributed by atoms with E-state index in [9.17, 15) is 9.59 Å². The Morgan fingerprint density at radius 2 is 2.25 bits per heavy atom. The molecule has 6 heteroatoms. The van der Waals surface area contributed by atoms with Gasteiger partial charge >= 0.3 is 0 Å². The van der Waals surface area contributed by atoms with E-state index in [-0.39, 0.29) is 23.9 Å². The van der Waals surface area contributed by atoms with Crippen LogP contribution >= 0.6 is 0 Å². The van der Waals surface area contributed by atoms with E-state index >= 15 is 0 Å². The Morgan fingerprint density at radius 1 is 1.50 bits per heavy atom. The molecule has 3 atom stereocenters. The normalized spacial score (nSPS) is 24.2. The van der Waals surface area contributed by atoms with Gasteiger partial charge in [-0.15, -0.1) is 0 Å². The maximum atomic E-state index is 12.4. The van der Waals surface area contributed by atoms with Gasteiger partial charge in [0.1, 0.15) is 12.3 Å². The second kappa shape index (κ2) is 6.09. The molecule has 2 amide bonds. The Labute approximate surface area is 118 Å². The number of piperazine rings is 1. The van der Waals surface area contributed by atoms with Gasteiger partial charge < -0.3 is 20.0 Å². The van der Waals surface area contributed by atoms with Crippen LogP contribution in [0, 0.1) is 0 Å². The van der Waals surface area contributed by atoms with Gasteiger partial charge in [0.25, 0.3) is 5.91 Å². The highest BCUT2D eigenvalue weighted by atomic mass is 16.3. The minimum Gasteiger partial charge on any atom is -0.472 e. The Kier molecular flexibility index (Phi) is 4.44. The molecule has 1 saturated heterocycles. The Balaban J connectivity index is 1.96. The van der Waals surface area contributed by atoms with Gasteiger partial charge in [-0.2, -0.15) is 0 Å². The van der Waals surface area contributed by atoms with Crippen LogP contribution < -0.4 is 10.6 Å². The van der Waals surface area contributed by atoms with Crippen molar-refractivity contribution in [2.24, 2.45) is 0 Å². The SMILES string of the molecule is CC(NC(=O)c1ccoc1)C(=O)N1CCNC(C)C1C. The van der Waals surface area contributed by atoms with Crippen LogP contribution in [0.5, 0.6) is 0 Å². The molecule has 1 aliphatic heterocycles. The summed E-state index contributed by atoms with van der Waals surface area (Å²) in [5.41, 5.74) is 0.423. The summed E-state index contributed by atoms with van der Waals surface area (Å²) < 4.78 is 4.86. The minimum atomic E-state index is -0.551. The van der Waals surface area contributed by atoms with Crippen molar-refractivity contribution in [2.75, 3.05) is 13.1 Å². The van der Waals surface area contributed by atoms with Crippen LogP contribution in [0.25, 0.3) is 0 Å². The smallest absolute Gasteiger partial charge is 0.255 e. The van der Waals surface area contributed by atoms with Gasteiger partial charge in [-0.25, -0.2) is 0 Å². The second-order valence-corrected chi connectivity index (χ2v) is 5.22. The van der Waals surface area contributed by atoms with Crippen molar-refractivity contribution in [1.29, 1.82) is 0 Å². The molecule has 0 bridgehead atoms. The molecular formula is C14H21N3O3. The van der Waals surface area contributed by atoms with E-state index in [1.54, 1.807) is 13.0 Å². The molecule has 1 aliphatic rings. The first-order chi connectivity index (χ1) is 9.50. The number of nitrogens with one attached hydrogen (secondary N) is 2. The summed E-state index contributed by atoms with van der Waals surface area (Å²) in [6.45, 7) is 7.22. The van der Waals surface area contributed by atoms with Crippen molar-refractivity contribution in [3.63, 3.8) is 0 Å². The van der Waals surface area contributed by atoms with Gasteiger partial charge in [0.2, 0.25) is 5.91 Å². The molecule has 2 heterocycles. The molecule has 0 spiro atoms. The van der Waals surface area contributed by atoms with Crippen LogP contribution in [0.3, 0.4) is 0 Å². The standard InChI is InChI=1S/C14H21N3O3/c1-9-11(3)17(6-5-15-9)14(19)10(2)16-13(18)12-4-7-20-8-12/h4,7-11,15H,5-6H2,1-3H3,(H,16,18). The molecule has 3 unspecified atom stereocenters. The predicted octanol–water partition coefficient (Wildman–Crippen LogP) is 0.607. The molecule has 1 aromatic heterocycles. The highest BCUT2D eigenvalue weighted by Crippen LogP contribution is 2.11. The third-order valence-corrected chi connectivity index (χ3v) is 3.82. The molecule has 2 rings (SSSR count). The van der Waals surface area contributed by atoms with Crippen LogP contribution in [0.15, 0.2) is 23.0 Å². The third kappa shape index (κ3) is 3.01. The fourth-order valence-corrected chi connectivity index (χ4v) is 2.35. The summed E-state index contributed by atoms with van der Waals surface area (Å²) in [5, 5.41) is 6.03. The first kappa shape index (κ1) is 14.6. The average molecular weight is 279 g/mol. The minimum absolute atomic E-state index is 0.0531. The van der Waals surface area contributed by atoms with E-state index < -0.39 is 6.04 Å². The van der Waals surface area contributed by atoms with Crippen molar-refractivity contribution in [2.45, 2.75) is 38.9 Å². The molecule has 6 nitrogen and oxygen atoms in total. The number of hydrogen-bond donors (Lipinski definition) is 2. The van der Waals surface area contributed by atoms with Crippen molar-refractivity contribution < 1.29 is 14.0 Å². The maximum Gasteiger partial charge on any atom is 0.255 e. The lowest BCUT2D eigenvalue weighted by molar-refractivity contribution is -0.136. The van der Waals surface area contributed by atoms with Gasteiger partial charge in [-0.3, -0.25) is 9.59 Å². The maximum absolute atomic E-state index is 12.4. The van der Waals surface area contributed by atoms with Gasteiger partial charge in [0, 0.05) is 25.2 Å². The summed E-state index contributed by atoms with van der Waals surface area (Å²) in [5.74, 6) is -0.349. The van der Waals surface area contributed by atoms with Gasteiger partial charge in [-0.1, -0.05) is 0 Å². The highest BCUT2D eigenvalue weighted by molar-refractivity contribution is 5.97. The van der Waals surface area contributed by atoms with E-state index in [0.717, 1.165) is 6.54 Å². The van der Waals surface area contributed by atoms with Gasteiger partial charge in [-0.05, 0) is 26.8 Å². The van der Waals surface area contributed by atoms with Crippen molar-refractivity contribution in [3.8, 4) is 0 Å². The third-order valence-electron chi connectivity index (χ3n) is 3.82. The van der Waals surface area contributed by atoms with Crippen LogP contribution in [0.4, 0.5) is 0 Å². The predicted molar refractivity (Wildman–Crippen MR) is 74.3 cm³/mol. The highest BCUT2D eigenvalue weighted by Gasteiger charge is 2.31. The van der Waals surface area contributed by atoms with E-state index in [0.29, 0.717) is 12.1 Å². The van der Waals surface area contributed by atoms with E-state index in [1.165, 1.54) is 12.5 Å². The van der Waals surface area contributed by atoms with Crippen LogP contribution in [-0.2, 0) is 4.79 Å². The molecule has 2 N–H and O–H groups in total. The van der Waals surface area contributed by atoms with E-state index in [2.05, 4.69) is 17.6 Å². The fraction of sp³-hybridized carbons (Fsp3) is 0.571. The quantitative estimate of drug-likeness (QED) is 0.850. The molecule has 110 valence electrons. The van der Waals surface area contributed by atoms with Gasteiger partial charge in [0.05, 0.1) is 11.8 Å². The first-order valence-corrected chi connectivity index (χ1v) is 6.87. The first-order valence-electron chi connectivity index (χ1n) is 6.87. The summed E-state index contributed by atoms with van der Waals surface area (Å²) in [6.07, 6.45) is 2.80. The number of hydrogen-bond acceptors (Lipinski definition) is 4. The lowest BCUT2D eigenvalue weighted by Crippen LogP contribution is -2.60. The lowest BCUT2D eigenvalue weighted by Gasteiger charge is -2.39. The fourth-order valence-electron chi connectivity index (χ4n) is 2.35. The van der Waals surface area contributed by atoms with Crippen LogP contribution in [-0.4, -0.2) is 47.9 Å². The molecule has 0 aromatic carbocycles. The summed E-state index contributed by atoms with van der Waals surface area (Å²) in [6, 6.07) is 1.39. The molecule has 20 heavy (non-hydrogen) atoms. The Bertz CT molecular complexity index is 472. The topological polar surface area (TPSA) is 74.6 Å². The second-order valence-electron chi connectivity index (χ2n) is 5.22. The largest absolute Gasteiger partial charge is 0.472 e. The number of carbonyl (C=O) groups excluding carboxylic acids is 2. The molecule has 0 radical (unpaired) electrons. The van der Waals surface area contributed by atoms with Crippen molar-refractivity contribution >= 4 is 11.8 Å². The van der Waals surface area contributed by atoms with Gasteiger partial charge in [0.15, 0.2) is 0 Å². The number of furan rings is 1. The number of rotatable bonds is 3. The summed E-state index contributed by atoms with van der Waals surface area (Å²) in [7, 11) is 0. The summed E-state index contributed by atoms with van der Waals surface area (Å²) in [4.78, 5) is 26.1. The van der Waals surface area contributed by atoms with Crippen LogP contribution in [0.2, 0.25) is 0 Å². The molecule has 0 saturated carbocycles. The Morgan fingerprint density at radius 3 is 2.90 bits per heavy atom. The molecular weight excluding hydrogens is 258 g/mol. The molecule has 1 aromatic rings. The zero-order chi connectivity index (χ0) is 14.7. The number of nitrogens with zero attached hydrogens (tertiary/aromatic N) is 1. The Hall–Kier alpha value is -1.82. The number of carbonyl (C=O) groups is 2. The molecule has 0 aliphatic carbocycles. The van der Waals surface area contributed by atoms with E-state index in [1.807, 2.05) is 11.8 Å². The zero-order valence-electron chi connectivity index (χ0n) is 12.1. The van der Waals surface area contributed by atoms with Crippen molar-refractivity contribution in [1.82, 2.24) is 15.5 Å². The summed E-state index contributed by atoms with van der Waals surface area (Å²) >= 11 is 0. The molecule has 1 fully saturated rings. The average Bonchev–Trinajstić information content (AvgIpc) is 2.95. The zero-order valence-corrected chi connectivity index (χ0v) is 12.1. The van der Waals surface area contributed by atoms with Crippen LogP contribution in [0.1, 0.15) is 31.1 Å². The monoisotopic (exact) mass is 279 g/mol. The number of amides is 2. The lowest BCUT2D eigenvalue weighted by atomic mass is 10.1.